The number of carboxylic acid groups (broad SMARTS) is 3. The Bertz CT molecular complexity index is 922. The number of nitrogens with zero attached hydrogens (tertiary/aromatic N) is 3. The van der Waals surface area contributed by atoms with Gasteiger partial charge in [-0.2, -0.15) is 15.2 Å². The average molecular weight is 664 g/mol. The van der Waals surface area contributed by atoms with Gasteiger partial charge in [0.15, 0.2) is 5.60 Å². The molecule has 3 rings (SSSR count). The highest BCUT2D eigenvalue weighted by atomic mass is 16.5. The molecule has 0 spiro atoms. The van der Waals surface area contributed by atoms with Crippen molar-refractivity contribution in [1.29, 1.82) is 0 Å². The van der Waals surface area contributed by atoms with Gasteiger partial charge in [0.05, 0.1) is 12.8 Å². The summed E-state index contributed by atoms with van der Waals surface area (Å²) < 4.78 is 0. The Morgan fingerprint density at radius 2 is 0.739 bits per heavy atom. The van der Waals surface area contributed by atoms with E-state index in [1.807, 2.05) is 0 Å². The number of hydroxylamine groups is 6. The van der Waals surface area contributed by atoms with Crippen LogP contribution in [-0.4, -0.2) is 111 Å². The first-order chi connectivity index (χ1) is 20.4. The fraction of sp³-hybridized carbons (Fsp3) is 0.909. The standard InChI is InChI=1S/3C9H19NO.C6H8O7/c3*1-8(2)6-5-7-10(11)9(8,3)4;7-3(8)1-6(13,5(11)12)2-4(9)10/h3*11H,5-7H2,1-4H3;13H,1-2H2,(H,7,8)(H,9,10)(H,11,12). The number of hydrogen-bond acceptors (Lipinski definition) is 10. The van der Waals surface area contributed by atoms with Gasteiger partial charge in [-0.3, -0.25) is 9.59 Å². The van der Waals surface area contributed by atoms with E-state index < -0.39 is 36.4 Å². The van der Waals surface area contributed by atoms with Crippen molar-refractivity contribution < 1.29 is 50.4 Å². The van der Waals surface area contributed by atoms with Crippen LogP contribution in [0.25, 0.3) is 0 Å². The molecule has 0 bridgehead atoms. The molecular formula is C33H65N3O10. The monoisotopic (exact) mass is 663 g/mol. The number of carbonyl (C=O) groups is 3. The molecular weight excluding hydrogens is 598 g/mol. The number of aliphatic carboxylic acids is 3. The van der Waals surface area contributed by atoms with Crippen molar-refractivity contribution in [2.45, 2.75) is 157 Å². The molecule has 0 aliphatic carbocycles. The van der Waals surface area contributed by atoms with E-state index >= 15 is 0 Å². The van der Waals surface area contributed by atoms with Crippen molar-refractivity contribution in [3.05, 3.63) is 0 Å². The highest BCUT2D eigenvalue weighted by Crippen LogP contribution is 2.43. The Kier molecular flexibility index (Phi) is 15.4. The zero-order chi connectivity index (χ0) is 36.7. The van der Waals surface area contributed by atoms with Gasteiger partial charge in [0, 0.05) is 36.3 Å². The molecule has 13 heteroatoms. The minimum Gasteiger partial charge on any atom is -0.481 e. The fourth-order valence-electron chi connectivity index (χ4n) is 5.53. The zero-order valence-electron chi connectivity index (χ0n) is 30.5. The van der Waals surface area contributed by atoms with Gasteiger partial charge in [0.1, 0.15) is 0 Å². The summed E-state index contributed by atoms with van der Waals surface area (Å²) in [6.07, 6.45) is 4.64. The van der Waals surface area contributed by atoms with Crippen LogP contribution in [0.3, 0.4) is 0 Å². The summed E-state index contributed by atoms with van der Waals surface area (Å²) in [5, 5.41) is 67.1. The number of hydrogen-bond donors (Lipinski definition) is 7. The molecule has 0 unspecified atom stereocenters. The van der Waals surface area contributed by atoms with E-state index in [-0.39, 0.29) is 32.9 Å². The van der Waals surface area contributed by atoms with E-state index in [1.165, 1.54) is 34.5 Å². The first-order valence-corrected chi connectivity index (χ1v) is 16.2. The summed E-state index contributed by atoms with van der Waals surface area (Å²) in [7, 11) is 0. The van der Waals surface area contributed by atoms with Gasteiger partial charge in [0.2, 0.25) is 0 Å². The van der Waals surface area contributed by atoms with E-state index in [2.05, 4.69) is 83.1 Å². The van der Waals surface area contributed by atoms with Crippen LogP contribution in [0.4, 0.5) is 0 Å². The van der Waals surface area contributed by atoms with Crippen LogP contribution in [0.5, 0.6) is 0 Å². The molecule has 7 N–H and O–H groups in total. The van der Waals surface area contributed by atoms with Gasteiger partial charge < -0.3 is 36.0 Å². The van der Waals surface area contributed by atoms with Crippen LogP contribution >= 0.6 is 0 Å². The van der Waals surface area contributed by atoms with Crippen molar-refractivity contribution in [1.82, 2.24) is 15.2 Å². The molecule has 3 heterocycles. The molecule has 0 aromatic carbocycles. The second-order valence-electron chi connectivity index (χ2n) is 16.5. The van der Waals surface area contributed by atoms with Gasteiger partial charge in [-0.05, 0) is 96.3 Å². The van der Waals surface area contributed by atoms with Crippen molar-refractivity contribution >= 4 is 17.9 Å². The minimum absolute atomic E-state index is 0.0781. The molecule has 0 amide bonds. The van der Waals surface area contributed by atoms with Crippen molar-refractivity contribution in [2.24, 2.45) is 16.2 Å². The lowest BCUT2D eigenvalue weighted by atomic mass is 9.69. The second kappa shape index (κ2) is 16.0. The smallest absolute Gasteiger partial charge is 0.336 e. The molecule has 3 fully saturated rings. The predicted octanol–water partition coefficient (Wildman–Crippen LogP) is 5.58. The Hall–Kier alpha value is -1.87. The van der Waals surface area contributed by atoms with E-state index in [4.69, 9.17) is 20.4 Å². The van der Waals surface area contributed by atoms with Gasteiger partial charge in [-0.1, -0.05) is 41.5 Å². The predicted molar refractivity (Wildman–Crippen MR) is 174 cm³/mol. The van der Waals surface area contributed by atoms with Crippen LogP contribution in [-0.2, 0) is 14.4 Å². The fourth-order valence-corrected chi connectivity index (χ4v) is 5.53. The molecule has 272 valence electrons. The lowest BCUT2D eigenvalue weighted by molar-refractivity contribution is -0.218. The number of piperidine rings is 3. The van der Waals surface area contributed by atoms with Crippen LogP contribution < -0.4 is 0 Å². The molecule has 3 saturated heterocycles. The summed E-state index contributed by atoms with van der Waals surface area (Å²) in [4.78, 5) is 30.5. The third kappa shape index (κ3) is 11.1. The molecule has 3 aliphatic rings. The van der Waals surface area contributed by atoms with Crippen LogP contribution in [0.1, 0.15) is 134 Å². The van der Waals surface area contributed by atoms with Gasteiger partial charge in [-0.25, -0.2) is 4.79 Å². The highest BCUT2D eigenvalue weighted by molar-refractivity contribution is 5.88. The molecule has 0 aromatic rings. The van der Waals surface area contributed by atoms with E-state index in [1.54, 1.807) is 0 Å². The zero-order valence-corrected chi connectivity index (χ0v) is 30.5. The molecule has 13 nitrogen and oxygen atoms in total. The first-order valence-electron chi connectivity index (χ1n) is 16.2. The minimum atomic E-state index is -2.74. The maximum atomic E-state index is 10.3. The maximum absolute atomic E-state index is 10.3. The van der Waals surface area contributed by atoms with Crippen LogP contribution in [0.2, 0.25) is 0 Å². The first kappa shape index (κ1) is 44.1. The molecule has 3 aliphatic heterocycles. The van der Waals surface area contributed by atoms with Crippen molar-refractivity contribution in [3.63, 3.8) is 0 Å². The largest absolute Gasteiger partial charge is 0.481 e. The molecule has 46 heavy (non-hydrogen) atoms. The third-order valence-electron chi connectivity index (χ3n) is 11.7. The third-order valence-corrected chi connectivity index (χ3v) is 11.7. The Balaban J connectivity index is 0.000000588. The maximum Gasteiger partial charge on any atom is 0.336 e. The van der Waals surface area contributed by atoms with Gasteiger partial charge >= 0.3 is 17.9 Å². The Labute approximate surface area is 276 Å². The lowest BCUT2D eigenvalue weighted by Gasteiger charge is -2.50. The summed E-state index contributed by atoms with van der Waals surface area (Å²) in [6, 6.07) is 0. The van der Waals surface area contributed by atoms with E-state index in [0.29, 0.717) is 0 Å². The van der Waals surface area contributed by atoms with Crippen molar-refractivity contribution in [2.75, 3.05) is 19.6 Å². The summed E-state index contributed by atoms with van der Waals surface area (Å²) in [5.74, 6) is -5.02. The van der Waals surface area contributed by atoms with E-state index in [0.717, 1.165) is 38.9 Å². The average Bonchev–Trinajstić information content (AvgIpc) is 2.85. The van der Waals surface area contributed by atoms with Crippen LogP contribution in [0, 0.1) is 16.2 Å². The SMILES string of the molecule is CC1(C)CCCN(O)C1(C)C.CC1(C)CCCN(O)C1(C)C.CC1(C)CCCN(O)C1(C)C.O=C(O)CC(O)(CC(=O)O)C(=O)O. The number of aliphatic hydroxyl groups is 1. The number of rotatable bonds is 5. The summed E-state index contributed by atoms with van der Waals surface area (Å²) >= 11 is 0. The Morgan fingerprint density at radius 3 is 0.870 bits per heavy atom. The van der Waals surface area contributed by atoms with Gasteiger partial charge in [-0.15, -0.1) is 0 Å². The Morgan fingerprint density at radius 1 is 0.522 bits per heavy atom. The quantitative estimate of drug-likeness (QED) is 0.192. The summed E-state index contributed by atoms with van der Waals surface area (Å²) in [6.45, 7) is 28.4. The lowest BCUT2D eigenvalue weighted by Crippen LogP contribution is -2.56. The molecule has 0 saturated carbocycles. The topological polar surface area (TPSA) is 203 Å². The van der Waals surface area contributed by atoms with E-state index in [9.17, 15) is 30.0 Å². The highest BCUT2D eigenvalue weighted by Gasteiger charge is 2.46. The molecule has 0 atom stereocenters. The number of carboxylic acids is 3. The second-order valence-corrected chi connectivity index (χ2v) is 16.5. The van der Waals surface area contributed by atoms with Crippen molar-refractivity contribution in [3.8, 4) is 0 Å². The van der Waals surface area contributed by atoms with Gasteiger partial charge in [0.25, 0.3) is 0 Å². The molecule has 0 aromatic heterocycles. The molecule has 0 radical (unpaired) electrons. The summed E-state index contributed by atoms with van der Waals surface area (Å²) in [5.41, 5.74) is -2.31. The van der Waals surface area contributed by atoms with Crippen LogP contribution in [0.15, 0.2) is 0 Å². The normalized spacial score (nSPS) is 24.8.